The molecule has 0 saturated carbocycles. The Balaban J connectivity index is 1.57. The number of nitro groups is 1. The van der Waals surface area contributed by atoms with E-state index in [0.717, 1.165) is 0 Å². The molecule has 4 aromatic rings. The second kappa shape index (κ2) is 9.40. The normalized spacial score (nSPS) is 11.6. The molecule has 1 amide bonds. The molecule has 0 aliphatic heterocycles. The monoisotopic (exact) mass is 462 g/mol. The van der Waals surface area contributed by atoms with Crippen LogP contribution in [0.15, 0.2) is 60.8 Å². The van der Waals surface area contributed by atoms with E-state index >= 15 is 0 Å². The highest BCUT2D eigenvalue weighted by Crippen LogP contribution is 2.29. The molecule has 12 heteroatoms. The van der Waals surface area contributed by atoms with Gasteiger partial charge >= 0.3 is 0 Å². The lowest BCUT2D eigenvalue weighted by Crippen LogP contribution is -2.14. The minimum absolute atomic E-state index is 0.0503. The van der Waals surface area contributed by atoms with Gasteiger partial charge in [0.1, 0.15) is 17.2 Å². The van der Waals surface area contributed by atoms with Gasteiger partial charge in [-0.25, -0.2) is 4.39 Å². The maximum Gasteiger partial charge on any atom is 0.293 e. The number of tetrazole rings is 1. The number of pyridine rings is 1. The largest absolute Gasteiger partial charge is 0.371 e. The topological polar surface area (TPSA) is 141 Å². The third-order valence-electron chi connectivity index (χ3n) is 5.02. The SMILES string of the molecule is Cc1nnnn1-c1cc(NC(=O)c2ccc(NC(C)c3ccccn3)c([N+](=O)[O-])c2)ccc1F. The highest BCUT2D eigenvalue weighted by atomic mass is 19.1. The van der Waals surface area contributed by atoms with Crippen LogP contribution in [0, 0.1) is 22.9 Å². The van der Waals surface area contributed by atoms with Crippen molar-refractivity contribution in [1.29, 1.82) is 0 Å². The van der Waals surface area contributed by atoms with Gasteiger partial charge in [0.25, 0.3) is 11.6 Å². The van der Waals surface area contributed by atoms with Gasteiger partial charge in [-0.05, 0) is 66.7 Å². The van der Waals surface area contributed by atoms with Gasteiger partial charge in [0, 0.05) is 23.5 Å². The van der Waals surface area contributed by atoms with Crippen LogP contribution in [0.2, 0.25) is 0 Å². The van der Waals surface area contributed by atoms with Crippen molar-refractivity contribution in [3.63, 3.8) is 0 Å². The van der Waals surface area contributed by atoms with Crippen molar-refractivity contribution in [2.75, 3.05) is 10.6 Å². The standard InChI is InChI=1S/C22H19FN8O3/c1-13(18-5-3-4-10-24-18)25-19-9-6-15(11-21(19)31(33)34)22(32)26-16-7-8-17(23)20(12-16)30-14(2)27-28-29-30/h3-13,25H,1-2H3,(H,26,32). The lowest BCUT2D eigenvalue weighted by Gasteiger charge is -2.15. The van der Waals surface area contributed by atoms with Crippen LogP contribution in [0.4, 0.5) is 21.5 Å². The summed E-state index contributed by atoms with van der Waals surface area (Å²) in [5.41, 5.74) is 1.08. The number of aryl methyl sites for hydroxylation is 1. The van der Waals surface area contributed by atoms with Crippen LogP contribution in [0.1, 0.15) is 34.8 Å². The predicted molar refractivity (Wildman–Crippen MR) is 121 cm³/mol. The number of hydrogen-bond acceptors (Lipinski definition) is 8. The zero-order valence-electron chi connectivity index (χ0n) is 18.1. The Morgan fingerprint density at radius 2 is 2.00 bits per heavy atom. The first-order chi connectivity index (χ1) is 16.3. The minimum atomic E-state index is -0.599. The molecule has 34 heavy (non-hydrogen) atoms. The Morgan fingerprint density at radius 1 is 1.18 bits per heavy atom. The predicted octanol–water partition coefficient (Wildman–Crippen LogP) is 3.84. The zero-order chi connectivity index (χ0) is 24.2. The van der Waals surface area contributed by atoms with E-state index in [1.807, 2.05) is 13.0 Å². The molecule has 0 spiro atoms. The van der Waals surface area contributed by atoms with Gasteiger partial charge in [-0.1, -0.05) is 6.07 Å². The van der Waals surface area contributed by atoms with Crippen molar-refractivity contribution in [3.05, 3.63) is 93.8 Å². The van der Waals surface area contributed by atoms with Gasteiger partial charge in [0.15, 0.2) is 5.82 Å². The zero-order valence-corrected chi connectivity index (χ0v) is 18.1. The van der Waals surface area contributed by atoms with E-state index in [9.17, 15) is 19.3 Å². The fourth-order valence-corrected chi connectivity index (χ4v) is 3.30. The number of rotatable bonds is 7. The molecular formula is C22H19FN8O3. The molecule has 0 bridgehead atoms. The molecule has 2 aromatic carbocycles. The number of hydrogen-bond donors (Lipinski definition) is 2. The number of anilines is 2. The Bertz CT molecular complexity index is 1360. The first kappa shape index (κ1) is 22.5. The summed E-state index contributed by atoms with van der Waals surface area (Å²) in [6.07, 6.45) is 1.64. The van der Waals surface area contributed by atoms with Gasteiger partial charge < -0.3 is 10.6 Å². The molecule has 2 N–H and O–H groups in total. The molecule has 11 nitrogen and oxygen atoms in total. The average Bonchev–Trinajstić information content (AvgIpc) is 3.26. The van der Waals surface area contributed by atoms with Gasteiger partial charge in [-0.3, -0.25) is 19.9 Å². The molecule has 0 radical (unpaired) electrons. The highest BCUT2D eigenvalue weighted by Gasteiger charge is 2.20. The summed E-state index contributed by atoms with van der Waals surface area (Å²) in [6, 6.07) is 13.1. The van der Waals surface area contributed by atoms with Crippen LogP contribution in [0.5, 0.6) is 0 Å². The number of carbonyl (C=O) groups excluding carboxylic acids is 1. The summed E-state index contributed by atoms with van der Waals surface area (Å²) in [6.45, 7) is 3.43. The quantitative estimate of drug-likeness (QED) is 0.312. The summed E-state index contributed by atoms with van der Waals surface area (Å²) in [5, 5.41) is 28.3. The Labute approximate surface area is 192 Å². The Hall–Kier alpha value is -4.74. The van der Waals surface area contributed by atoms with Gasteiger partial charge in [0.05, 0.1) is 16.7 Å². The third kappa shape index (κ3) is 4.70. The molecule has 0 aliphatic carbocycles. The number of benzene rings is 2. The maximum atomic E-state index is 14.3. The fourth-order valence-electron chi connectivity index (χ4n) is 3.30. The number of nitro benzene ring substituents is 1. The van der Waals surface area contributed by atoms with Gasteiger partial charge in [-0.15, -0.1) is 5.10 Å². The minimum Gasteiger partial charge on any atom is -0.371 e. The van der Waals surface area contributed by atoms with E-state index in [0.29, 0.717) is 11.5 Å². The lowest BCUT2D eigenvalue weighted by atomic mass is 10.1. The van der Waals surface area contributed by atoms with Crippen molar-refractivity contribution >= 4 is 23.0 Å². The third-order valence-corrected chi connectivity index (χ3v) is 5.02. The van der Waals surface area contributed by atoms with E-state index in [4.69, 9.17) is 0 Å². The summed E-state index contributed by atoms with van der Waals surface area (Å²) < 4.78 is 15.5. The van der Waals surface area contributed by atoms with Crippen LogP contribution in [-0.2, 0) is 0 Å². The second-order valence-corrected chi connectivity index (χ2v) is 7.37. The molecule has 2 aromatic heterocycles. The van der Waals surface area contributed by atoms with Crippen LogP contribution in [0.25, 0.3) is 5.69 Å². The van der Waals surface area contributed by atoms with Gasteiger partial charge in [0.2, 0.25) is 0 Å². The molecule has 4 rings (SSSR count). The number of amides is 1. The van der Waals surface area contributed by atoms with E-state index < -0.39 is 16.6 Å². The average molecular weight is 462 g/mol. The number of aromatic nitrogens is 5. The van der Waals surface area contributed by atoms with Crippen molar-refractivity contribution in [2.45, 2.75) is 19.9 Å². The van der Waals surface area contributed by atoms with Crippen molar-refractivity contribution < 1.29 is 14.1 Å². The Morgan fingerprint density at radius 3 is 2.68 bits per heavy atom. The Kier molecular flexibility index (Phi) is 6.21. The van der Waals surface area contributed by atoms with E-state index in [-0.39, 0.29) is 34.4 Å². The summed E-state index contributed by atoms with van der Waals surface area (Å²) in [7, 11) is 0. The van der Waals surface area contributed by atoms with Crippen LogP contribution in [0.3, 0.4) is 0 Å². The van der Waals surface area contributed by atoms with Gasteiger partial charge in [-0.2, -0.15) is 4.68 Å². The van der Waals surface area contributed by atoms with Crippen LogP contribution in [-0.4, -0.2) is 36.0 Å². The molecule has 0 aliphatic rings. The first-order valence-electron chi connectivity index (χ1n) is 10.2. The lowest BCUT2D eigenvalue weighted by molar-refractivity contribution is -0.384. The summed E-state index contributed by atoms with van der Waals surface area (Å²) in [4.78, 5) is 28.1. The first-order valence-corrected chi connectivity index (χ1v) is 10.2. The maximum absolute atomic E-state index is 14.3. The molecule has 0 fully saturated rings. The molecule has 2 heterocycles. The van der Waals surface area contributed by atoms with E-state index in [2.05, 4.69) is 31.1 Å². The van der Waals surface area contributed by atoms with Crippen molar-refractivity contribution in [1.82, 2.24) is 25.2 Å². The van der Waals surface area contributed by atoms with Crippen molar-refractivity contribution in [2.24, 2.45) is 0 Å². The summed E-state index contributed by atoms with van der Waals surface area (Å²) >= 11 is 0. The smallest absolute Gasteiger partial charge is 0.293 e. The fraction of sp³-hybridized carbons (Fsp3) is 0.136. The number of nitrogens with zero attached hydrogens (tertiary/aromatic N) is 6. The summed E-state index contributed by atoms with van der Waals surface area (Å²) in [5.74, 6) is -0.819. The van der Waals surface area contributed by atoms with Crippen LogP contribution >= 0.6 is 0 Å². The van der Waals surface area contributed by atoms with E-state index in [1.165, 1.54) is 41.1 Å². The van der Waals surface area contributed by atoms with Crippen LogP contribution < -0.4 is 10.6 Å². The number of carbonyl (C=O) groups is 1. The molecular weight excluding hydrogens is 443 g/mol. The molecule has 0 saturated heterocycles. The number of nitrogens with one attached hydrogen (secondary N) is 2. The molecule has 172 valence electrons. The molecule has 1 atom stereocenters. The number of halogens is 1. The molecule has 1 unspecified atom stereocenters. The highest BCUT2D eigenvalue weighted by molar-refractivity contribution is 6.05. The van der Waals surface area contributed by atoms with E-state index in [1.54, 1.807) is 25.3 Å². The van der Waals surface area contributed by atoms with Crippen molar-refractivity contribution in [3.8, 4) is 5.69 Å². The second-order valence-electron chi connectivity index (χ2n) is 7.37.